The smallest absolute Gasteiger partial charge is 0.258 e. The van der Waals surface area contributed by atoms with E-state index in [1.54, 1.807) is 6.20 Å². The van der Waals surface area contributed by atoms with Crippen molar-refractivity contribution in [2.45, 2.75) is 19.6 Å². The molecule has 0 aliphatic carbocycles. The maximum Gasteiger partial charge on any atom is 0.258 e. The minimum atomic E-state index is -2.34. The number of hydrogen-bond donors (Lipinski definition) is 0. The Labute approximate surface area is 142 Å². The quantitative estimate of drug-likeness (QED) is 0.676. The molecular formula is C11H16ClN2O3PS3. The highest BCUT2D eigenvalue weighted by Gasteiger charge is 2.19. The zero-order valence-electron chi connectivity index (χ0n) is 11.6. The molecule has 2 aromatic rings. The van der Waals surface area contributed by atoms with Gasteiger partial charge in [-0.05, 0) is 25.7 Å². The Morgan fingerprint density at radius 2 is 2.10 bits per heavy atom. The zero-order valence-corrected chi connectivity index (χ0v) is 15.7. The van der Waals surface area contributed by atoms with Gasteiger partial charge < -0.3 is 9.05 Å². The lowest BCUT2D eigenvalue weighted by molar-refractivity contribution is 0.280. The predicted octanol–water partition coefficient (Wildman–Crippen LogP) is 3.71. The second-order valence-electron chi connectivity index (χ2n) is 3.70. The molecule has 0 amide bonds. The monoisotopic (exact) mass is 386 g/mol. The zero-order chi connectivity index (χ0) is 14.6. The van der Waals surface area contributed by atoms with Crippen LogP contribution in [0, 0.1) is 0 Å². The highest BCUT2D eigenvalue weighted by Crippen LogP contribution is 2.61. The van der Waals surface area contributed by atoms with Crippen molar-refractivity contribution in [3.8, 4) is 0 Å². The van der Waals surface area contributed by atoms with Gasteiger partial charge in [-0.3, -0.25) is 9.20 Å². The van der Waals surface area contributed by atoms with Crippen molar-refractivity contribution in [2.75, 3.05) is 13.2 Å². The first-order chi connectivity index (χ1) is 9.58. The predicted molar refractivity (Wildman–Crippen MR) is 95.4 cm³/mol. The Bertz CT molecular complexity index is 681. The van der Waals surface area contributed by atoms with Crippen LogP contribution >= 0.6 is 40.8 Å². The first kappa shape index (κ1) is 19.1. The molecule has 0 aromatic carbocycles. The van der Waals surface area contributed by atoms with Crippen molar-refractivity contribution in [1.82, 2.24) is 9.38 Å². The second kappa shape index (κ2) is 8.62. The number of halogens is 1. The van der Waals surface area contributed by atoms with Gasteiger partial charge in [0, 0.05) is 23.4 Å². The third-order valence-corrected chi connectivity index (χ3v) is 8.50. The van der Waals surface area contributed by atoms with Crippen LogP contribution in [0.5, 0.6) is 0 Å². The molecule has 0 radical (unpaired) electrons. The second-order valence-corrected chi connectivity index (χ2v) is 10.9. The Morgan fingerprint density at radius 3 is 2.71 bits per heavy atom. The Kier molecular flexibility index (Phi) is 7.84. The van der Waals surface area contributed by atoms with E-state index in [1.165, 1.54) is 33.2 Å². The SMILES string of the molecule is CCOP(=S)(OCC)SCc1cc(=O)n2ccsc2n1.Cl. The van der Waals surface area contributed by atoms with Crippen LogP contribution in [-0.2, 0) is 26.6 Å². The maximum atomic E-state index is 11.9. The molecule has 0 atom stereocenters. The summed E-state index contributed by atoms with van der Waals surface area (Å²) in [5, 5.41) is 1.84. The van der Waals surface area contributed by atoms with Crippen molar-refractivity contribution in [1.29, 1.82) is 0 Å². The first-order valence-electron chi connectivity index (χ1n) is 6.07. The summed E-state index contributed by atoms with van der Waals surface area (Å²) in [6, 6.07) is 1.53. The molecule has 21 heavy (non-hydrogen) atoms. The van der Waals surface area contributed by atoms with Crippen LogP contribution < -0.4 is 5.56 Å². The summed E-state index contributed by atoms with van der Waals surface area (Å²) in [4.78, 5) is 17.0. The van der Waals surface area contributed by atoms with E-state index in [1.807, 2.05) is 19.2 Å². The van der Waals surface area contributed by atoms with Crippen LogP contribution in [0.1, 0.15) is 19.5 Å². The summed E-state index contributed by atoms with van der Waals surface area (Å²) in [6.45, 7) is 4.82. The number of nitrogens with zero attached hydrogens (tertiary/aromatic N) is 2. The van der Waals surface area contributed by atoms with E-state index < -0.39 is 5.69 Å². The molecule has 2 heterocycles. The van der Waals surface area contributed by atoms with Gasteiger partial charge in [0.2, 0.25) is 5.69 Å². The summed E-state index contributed by atoms with van der Waals surface area (Å²) >= 11 is 8.29. The standard InChI is InChI=1S/C11H15N2O3PS3.ClH/c1-3-15-17(18,16-4-2)20-8-9-7-10(14)13-5-6-19-11(13)12-9;/h5-7H,3-4,8H2,1-2H3;1H. The molecule has 2 aromatic heterocycles. The van der Waals surface area contributed by atoms with Gasteiger partial charge in [0.15, 0.2) is 4.96 Å². The van der Waals surface area contributed by atoms with Gasteiger partial charge in [0.05, 0.1) is 18.9 Å². The molecule has 0 unspecified atom stereocenters. The Morgan fingerprint density at radius 1 is 1.43 bits per heavy atom. The van der Waals surface area contributed by atoms with Gasteiger partial charge in [-0.25, -0.2) is 4.98 Å². The van der Waals surface area contributed by atoms with Crippen LogP contribution in [0.4, 0.5) is 0 Å². The lowest BCUT2D eigenvalue weighted by Crippen LogP contribution is -2.12. The van der Waals surface area contributed by atoms with E-state index in [0.717, 1.165) is 0 Å². The van der Waals surface area contributed by atoms with E-state index in [9.17, 15) is 4.79 Å². The summed E-state index contributed by atoms with van der Waals surface area (Å²) < 4.78 is 12.6. The lowest BCUT2D eigenvalue weighted by Gasteiger charge is -2.19. The summed E-state index contributed by atoms with van der Waals surface area (Å²) in [5.41, 5.74) is -1.71. The van der Waals surface area contributed by atoms with Gasteiger partial charge in [-0.2, -0.15) is 0 Å². The summed E-state index contributed by atoms with van der Waals surface area (Å²) in [5.74, 6) is 0.515. The molecule has 0 saturated carbocycles. The largest absolute Gasteiger partial charge is 0.322 e. The van der Waals surface area contributed by atoms with Crippen molar-refractivity contribution in [2.24, 2.45) is 0 Å². The summed E-state index contributed by atoms with van der Waals surface area (Å²) in [6.07, 6.45) is 1.72. The third-order valence-electron chi connectivity index (χ3n) is 2.30. The van der Waals surface area contributed by atoms with Crippen molar-refractivity contribution in [3.63, 3.8) is 0 Å². The van der Waals surface area contributed by atoms with Crippen LogP contribution in [-0.4, -0.2) is 22.6 Å². The van der Waals surface area contributed by atoms with E-state index in [4.69, 9.17) is 20.9 Å². The highest BCUT2D eigenvalue weighted by molar-refractivity contribution is 8.67. The fourth-order valence-corrected chi connectivity index (χ4v) is 6.63. The summed E-state index contributed by atoms with van der Waals surface area (Å²) in [7, 11) is 0. The normalized spacial score (nSPS) is 11.5. The maximum absolute atomic E-state index is 11.9. The van der Waals surface area contributed by atoms with E-state index >= 15 is 0 Å². The number of rotatable bonds is 7. The van der Waals surface area contributed by atoms with Gasteiger partial charge in [0.1, 0.15) is 0 Å². The van der Waals surface area contributed by atoms with Crippen molar-refractivity contribution in [3.05, 3.63) is 33.7 Å². The van der Waals surface area contributed by atoms with Gasteiger partial charge >= 0.3 is 0 Å². The average molecular weight is 387 g/mol. The fraction of sp³-hybridized carbons (Fsp3) is 0.455. The van der Waals surface area contributed by atoms with Crippen LogP contribution in [0.25, 0.3) is 4.96 Å². The Hall–Kier alpha value is 0.0500. The molecule has 5 nitrogen and oxygen atoms in total. The molecule has 2 rings (SSSR count). The van der Waals surface area contributed by atoms with Gasteiger partial charge in [-0.15, -0.1) is 23.7 Å². The van der Waals surface area contributed by atoms with E-state index in [2.05, 4.69) is 4.98 Å². The molecule has 0 saturated heterocycles. The molecule has 10 heteroatoms. The molecule has 0 N–H and O–H groups in total. The number of fused-ring (bicyclic) bond motifs is 1. The molecular weight excluding hydrogens is 371 g/mol. The topological polar surface area (TPSA) is 52.8 Å². The molecule has 118 valence electrons. The third kappa shape index (κ3) is 5.03. The minimum absolute atomic E-state index is 0. The molecule has 0 spiro atoms. The fourth-order valence-electron chi connectivity index (χ4n) is 1.53. The number of hydrogen-bond acceptors (Lipinski definition) is 7. The van der Waals surface area contributed by atoms with E-state index in [-0.39, 0.29) is 18.0 Å². The average Bonchev–Trinajstić information content (AvgIpc) is 2.86. The minimum Gasteiger partial charge on any atom is -0.322 e. The van der Waals surface area contributed by atoms with Crippen molar-refractivity contribution < 1.29 is 9.05 Å². The lowest BCUT2D eigenvalue weighted by atomic mass is 10.4. The number of thiazole rings is 1. The first-order valence-corrected chi connectivity index (χ1v) is 11.2. The van der Waals surface area contributed by atoms with Crippen molar-refractivity contribution >= 4 is 57.6 Å². The highest BCUT2D eigenvalue weighted by atomic mass is 35.5. The van der Waals surface area contributed by atoms with Gasteiger partial charge in [0.25, 0.3) is 5.56 Å². The molecule has 0 aliphatic rings. The Balaban J connectivity index is 0.00000220. The van der Waals surface area contributed by atoms with Gasteiger partial charge in [-0.1, -0.05) is 11.4 Å². The number of aromatic nitrogens is 2. The van der Waals surface area contributed by atoms with Crippen LogP contribution in [0.15, 0.2) is 22.4 Å². The molecule has 0 aliphatic heterocycles. The van der Waals surface area contributed by atoms with E-state index in [0.29, 0.717) is 29.6 Å². The van der Waals surface area contributed by atoms with Crippen LogP contribution in [0.2, 0.25) is 0 Å². The molecule has 0 bridgehead atoms. The molecule has 0 fully saturated rings. The van der Waals surface area contributed by atoms with Crippen LogP contribution in [0.3, 0.4) is 0 Å².